The zero-order chi connectivity index (χ0) is 10.0. The number of aliphatic hydroxyl groups is 2. The Morgan fingerprint density at radius 2 is 2.38 bits per heavy atom. The number of aliphatic hydroxyl groups excluding tert-OH is 2. The zero-order valence-electron chi connectivity index (χ0n) is 7.21. The van der Waals surface area contributed by atoms with E-state index in [1.807, 2.05) is 0 Å². The monoisotopic (exact) mass is 188 g/mol. The van der Waals surface area contributed by atoms with Crippen LogP contribution in [0.3, 0.4) is 0 Å². The lowest BCUT2D eigenvalue weighted by Gasteiger charge is -2.17. The van der Waals surface area contributed by atoms with Crippen LogP contribution in [0.15, 0.2) is 12.7 Å². The highest BCUT2D eigenvalue weighted by molar-refractivity contribution is 5.78. The number of methoxy groups -OCH3 is 1. The molecule has 0 aromatic heterocycles. The Labute approximate surface area is 75.6 Å². The van der Waals surface area contributed by atoms with Crippen molar-refractivity contribution in [2.45, 2.75) is 24.4 Å². The van der Waals surface area contributed by atoms with Crippen molar-refractivity contribution < 1.29 is 24.5 Å². The Morgan fingerprint density at radius 1 is 1.77 bits per heavy atom. The molecule has 1 aliphatic rings. The van der Waals surface area contributed by atoms with E-state index in [2.05, 4.69) is 6.58 Å². The molecule has 4 atom stereocenters. The van der Waals surface area contributed by atoms with E-state index in [1.165, 1.54) is 13.2 Å². The molecular weight excluding hydrogens is 176 g/mol. The SMILES string of the molecule is C=C[C@@H](O)[C@@H]1OC(=O)[C@H](OC)C1O. The fraction of sp³-hybridized carbons (Fsp3) is 0.625. The van der Waals surface area contributed by atoms with E-state index in [1.54, 1.807) is 0 Å². The van der Waals surface area contributed by atoms with Crippen LogP contribution in [-0.2, 0) is 14.3 Å². The van der Waals surface area contributed by atoms with Crippen molar-refractivity contribution in [3.05, 3.63) is 12.7 Å². The third-order valence-electron chi connectivity index (χ3n) is 1.96. The molecule has 0 spiro atoms. The Balaban J connectivity index is 2.72. The first-order valence-electron chi connectivity index (χ1n) is 3.83. The number of rotatable bonds is 3. The van der Waals surface area contributed by atoms with Crippen molar-refractivity contribution in [3.63, 3.8) is 0 Å². The van der Waals surface area contributed by atoms with E-state index in [0.717, 1.165) is 0 Å². The third kappa shape index (κ3) is 1.72. The summed E-state index contributed by atoms with van der Waals surface area (Å²) < 4.78 is 9.39. The molecular formula is C8H12O5. The van der Waals surface area contributed by atoms with E-state index >= 15 is 0 Å². The van der Waals surface area contributed by atoms with Crippen LogP contribution < -0.4 is 0 Å². The highest BCUT2D eigenvalue weighted by Gasteiger charge is 2.46. The van der Waals surface area contributed by atoms with Crippen molar-refractivity contribution in [3.8, 4) is 0 Å². The average Bonchev–Trinajstić information content (AvgIpc) is 2.40. The summed E-state index contributed by atoms with van der Waals surface area (Å²) in [6.07, 6.45) is -3.02. The summed E-state index contributed by atoms with van der Waals surface area (Å²) in [5.41, 5.74) is 0. The fourth-order valence-electron chi connectivity index (χ4n) is 1.22. The van der Waals surface area contributed by atoms with Gasteiger partial charge in [0.05, 0.1) is 0 Å². The second-order valence-electron chi connectivity index (χ2n) is 2.77. The van der Waals surface area contributed by atoms with Crippen LogP contribution in [0.5, 0.6) is 0 Å². The molecule has 1 saturated heterocycles. The number of ether oxygens (including phenoxy) is 2. The number of carbonyl (C=O) groups is 1. The van der Waals surface area contributed by atoms with Gasteiger partial charge in [0.15, 0.2) is 12.2 Å². The first-order valence-corrected chi connectivity index (χ1v) is 3.83. The molecule has 13 heavy (non-hydrogen) atoms. The van der Waals surface area contributed by atoms with E-state index in [0.29, 0.717) is 0 Å². The Morgan fingerprint density at radius 3 is 2.77 bits per heavy atom. The van der Waals surface area contributed by atoms with Crippen molar-refractivity contribution in [1.29, 1.82) is 0 Å². The van der Waals surface area contributed by atoms with E-state index in [4.69, 9.17) is 9.47 Å². The quantitative estimate of drug-likeness (QED) is 0.431. The summed E-state index contributed by atoms with van der Waals surface area (Å²) in [6.45, 7) is 3.32. The molecule has 0 saturated carbocycles. The third-order valence-corrected chi connectivity index (χ3v) is 1.96. The summed E-state index contributed by atoms with van der Waals surface area (Å²) in [4.78, 5) is 11.0. The number of hydrogen-bond acceptors (Lipinski definition) is 5. The molecule has 0 aromatic rings. The maximum absolute atomic E-state index is 11.0. The fourth-order valence-corrected chi connectivity index (χ4v) is 1.22. The van der Waals surface area contributed by atoms with Gasteiger partial charge in [-0.05, 0) is 0 Å². The van der Waals surface area contributed by atoms with Crippen molar-refractivity contribution in [2.24, 2.45) is 0 Å². The first-order chi connectivity index (χ1) is 6.11. The second-order valence-corrected chi connectivity index (χ2v) is 2.77. The average molecular weight is 188 g/mol. The van der Waals surface area contributed by atoms with E-state index in [-0.39, 0.29) is 0 Å². The molecule has 1 rings (SSSR count). The zero-order valence-corrected chi connectivity index (χ0v) is 7.21. The lowest BCUT2D eigenvalue weighted by molar-refractivity contribution is -0.150. The molecule has 0 radical (unpaired) electrons. The molecule has 2 N–H and O–H groups in total. The van der Waals surface area contributed by atoms with Crippen molar-refractivity contribution in [1.82, 2.24) is 0 Å². The van der Waals surface area contributed by atoms with Gasteiger partial charge in [0, 0.05) is 7.11 Å². The van der Waals surface area contributed by atoms with Gasteiger partial charge >= 0.3 is 5.97 Å². The largest absolute Gasteiger partial charge is 0.454 e. The van der Waals surface area contributed by atoms with Crippen LogP contribution in [0.25, 0.3) is 0 Å². The minimum absolute atomic E-state index is 0.666. The predicted octanol–water partition coefficient (Wildman–Crippen LogP) is -1.17. The Kier molecular flexibility index (Phi) is 3.02. The van der Waals surface area contributed by atoms with Crippen LogP contribution in [0.1, 0.15) is 0 Å². The molecule has 1 unspecified atom stereocenters. The molecule has 0 aliphatic carbocycles. The van der Waals surface area contributed by atoms with Gasteiger partial charge in [-0.15, -0.1) is 6.58 Å². The topological polar surface area (TPSA) is 76.0 Å². The molecule has 5 nitrogen and oxygen atoms in total. The summed E-state index contributed by atoms with van der Waals surface area (Å²) in [5, 5.41) is 18.7. The Bertz CT molecular complexity index is 215. The van der Waals surface area contributed by atoms with Crippen molar-refractivity contribution in [2.75, 3.05) is 7.11 Å². The number of hydrogen-bond donors (Lipinski definition) is 2. The minimum Gasteiger partial charge on any atom is -0.454 e. The first kappa shape index (κ1) is 10.2. The highest BCUT2D eigenvalue weighted by atomic mass is 16.6. The molecule has 1 fully saturated rings. The molecule has 74 valence electrons. The summed E-state index contributed by atoms with van der Waals surface area (Å²) in [6, 6.07) is 0. The van der Waals surface area contributed by atoms with Crippen LogP contribution >= 0.6 is 0 Å². The molecule has 0 bridgehead atoms. The van der Waals surface area contributed by atoms with Crippen LogP contribution in [0.2, 0.25) is 0 Å². The smallest absolute Gasteiger partial charge is 0.338 e. The Hall–Kier alpha value is -0.910. The standard InChI is InChI=1S/C8H12O5/c1-3-4(9)6-5(10)7(12-2)8(11)13-6/h3-7,9-10H,1H2,2H3/t4-,5?,6+,7-/m1/s1. The number of cyclic esters (lactones) is 1. The maximum atomic E-state index is 11.0. The van der Waals surface area contributed by atoms with Gasteiger partial charge in [0.1, 0.15) is 12.2 Å². The van der Waals surface area contributed by atoms with Gasteiger partial charge in [-0.3, -0.25) is 0 Å². The molecule has 1 aliphatic heterocycles. The van der Waals surface area contributed by atoms with Gasteiger partial charge in [0.2, 0.25) is 0 Å². The molecule has 1 heterocycles. The van der Waals surface area contributed by atoms with Crippen LogP contribution in [-0.4, -0.2) is 47.7 Å². The van der Waals surface area contributed by atoms with Crippen LogP contribution in [0.4, 0.5) is 0 Å². The molecule has 0 aromatic carbocycles. The van der Waals surface area contributed by atoms with Gasteiger partial charge in [0.25, 0.3) is 0 Å². The van der Waals surface area contributed by atoms with Gasteiger partial charge in [-0.25, -0.2) is 4.79 Å². The number of carbonyl (C=O) groups excluding carboxylic acids is 1. The summed E-state index contributed by atoms with van der Waals surface area (Å²) in [5.74, 6) is -0.666. The number of esters is 1. The molecule has 0 amide bonds. The minimum atomic E-state index is -1.15. The van der Waals surface area contributed by atoms with E-state index < -0.39 is 30.4 Å². The van der Waals surface area contributed by atoms with Crippen molar-refractivity contribution >= 4 is 5.97 Å². The normalized spacial score (nSPS) is 35.6. The van der Waals surface area contributed by atoms with Gasteiger partial charge < -0.3 is 19.7 Å². The van der Waals surface area contributed by atoms with E-state index in [9.17, 15) is 15.0 Å². The van der Waals surface area contributed by atoms with Gasteiger partial charge in [-0.1, -0.05) is 6.08 Å². The second kappa shape index (κ2) is 3.87. The summed E-state index contributed by atoms with van der Waals surface area (Å²) >= 11 is 0. The maximum Gasteiger partial charge on any atom is 0.338 e. The lowest BCUT2D eigenvalue weighted by Crippen LogP contribution is -2.38. The lowest BCUT2D eigenvalue weighted by atomic mass is 10.1. The predicted molar refractivity (Wildman–Crippen MR) is 42.9 cm³/mol. The van der Waals surface area contributed by atoms with Gasteiger partial charge in [-0.2, -0.15) is 0 Å². The highest BCUT2D eigenvalue weighted by Crippen LogP contribution is 2.21. The summed E-state index contributed by atoms with van der Waals surface area (Å²) in [7, 11) is 1.29. The van der Waals surface area contributed by atoms with Crippen LogP contribution in [0, 0.1) is 0 Å². The molecule has 5 heteroatoms.